The monoisotopic (exact) mass is 255 g/mol. The van der Waals surface area contributed by atoms with Crippen molar-refractivity contribution in [3.63, 3.8) is 0 Å². The van der Waals surface area contributed by atoms with E-state index in [0.717, 1.165) is 27.9 Å². The van der Waals surface area contributed by atoms with Crippen LogP contribution in [0.2, 0.25) is 0 Å². The second-order valence-corrected chi connectivity index (χ2v) is 4.49. The van der Waals surface area contributed by atoms with E-state index in [2.05, 4.69) is 11.4 Å². The molecule has 0 amide bonds. The van der Waals surface area contributed by atoms with Gasteiger partial charge in [-0.05, 0) is 35.2 Å². The molecule has 0 aromatic heterocycles. The highest BCUT2D eigenvalue weighted by Gasteiger charge is 2.10. The lowest BCUT2D eigenvalue weighted by molar-refractivity contribution is -0.136. The molecule has 0 aliphatic heterocycles. The Hall–Kier alpha value is -2.29. The lowest BCUT2D eigenvalue weighted by Crippen LogP contribution is -2.04. The van der Waals surface area contributed by atoms with Gasteiger partial charge in [-0.2, -0.15) is 0 Å². The highest BCUT2D eigenvalue weighted by Crippen LogP contribution is 2.28. The van der Waals surface area contributed by atoms with Crippen molar-refractivity contribution in [3.05, 3.63) is 53.6 Å². The summed E-state index contributed by atoms with van der Waals surface area (Å²) in [6.45, 7) is 1.94. The van der Waals surface area contributed by atoms with Crippen LogP contribution in [-0.4, -0.2) is 18.1 Å². The summed E-state index contributed by atoms with van der Waals surface area (Å²) >= 11 is 0. The van der Waals surface area contributed by atoms with Crippen molar-refractivity contribution in [1.82, 2.24) is 0 Å². The number of benzene rings is 2. The Morgan fingerprint density at radius 2 is 1.84 bits per heavy atom. The van der Waals surface area contributed by atoms with Crippen molar-refractivity contribution in [2.45, 2.75) is 13.3 Å². The molecule has 98 valence electrons. The predicted molar refractivity (Wildman–Crippen MR) is 77.5 cm³/mol. The lowest BCUT2D eigenvalue weighted by atomic mass is 9.96. The van der Waals surface area contributed by atoms with Crippen molar-refractivity contribution >= 4 is 11.7 Å². The van der Waals surface area contributed by atoms with E-state index in [1.165, 1.54) is 0 Å². The number of nitrogens with one attached hydrogen (secondary N) is 1. The summed E-state index contributed by atoms with van der Waals surface area (Å²) in [4.78, 5) is 10.9. The maximum absolute atomic E-state index is 10.9. The third-order valence-electron chi connectivity index (χ3n) is 3.23. The molecule has 0 bridgehead atoms. The Kier molecular flexibility index (Phi) is 3.85. The summed E-state index contributed by atoms with van der Waals surface area (Å²) in [5.41, 5.74) is 4.93. The summed E-state index contributed by atoms with van der Waals surface area (Å²) < 4.78 is 0. The number of hydrogen-bond acceptors (Lipinski definition) is 2. The molecule has 0 aliphatic rings. The maximum Gasteiger partial charge on any atom is 0.307 e. The Labute approximate surface area is 112 Å². The molecule has 2 aromatic rings. The minimum absolute atomic E-state index is 0.0428. The number of carboxylic acid groups (broad SMARTS) is 1. The van der Waals surface area contributed by atoms with E-state index < -0.39 is 5.97 Å². The minimum atomic E-state index is -0.810. The number of carboxylic acids is 1. The minimum Gasteiger partial charge on any atom is -0.481 e. The topological polar surface area (TPSA) is 49.3 Å². The second kappa shape index (κ2) is 5.57. The first-order chi connectivity index (χ1) is 9.11. The Balaban J connectivity index is 2.54. The third-order valence-corrected chi connectivity index (χ3v) is 3.23. The van der Waals surface area contributed by atoms with E-state index in [1.807, 2.05) is 50.4 Å². The van der Waals surface area contributed by atoms with Crippen molar-refractivity contribution < 1.29 is 9.90 Å². The summed E-state index contributed by atoms with van der Waals surface area (Å²) in [7, 11) is 1.85. The van der Waals surface area contributed by atoms with E-state index >= 15 is 0 Å². The fourth-order valence-corrected chi connectivity index (χ4v) is 2.18. The smallest absolute Gasteiger partial charge is 0.307 e. The van der Waals surface area contributed by atoms with E-state index in [9.17, 15) is 4.79 Å². The highest BCUT2D eigenvalue weighted by molar-refractivity contribution is 5.76. The molecule has 0 saturated carbocycles. The van der Waals surface area contributed by atoms with Crippen LogP contribution in [0.15, 0.2) is 42.5 Å². The SMILES string of the molecule is CNc1cc(-c2ccccc2)cc(CC(=O)O)c1C. The zero-order valence-electron chi connectivity index (χ0n) is 11.1. The van der Waals surface area contributed by atoms with Crippen LogP contribution in [0.5, 0.6) is 0 Å². The molecule has 0 spiro atoms. The summed E-state index contributed by atoms with van der Waals surface area (Å²) in [6.07, 6.45) is 0.0428. The van der Waals surface area contributed by atoms with Crippen LogP contribution < -0.4 is 5.32 Å². The van der Waals surface area contributed by atoms with Gasteiger partial charge in [-0.25, -0.2) is 0 Å². The van der Waals surface area contributed by atoms with Gasteiger partial charge in [0.1, 0.15) is 0 Å². The van der Waals surface area contributed by atoms with Crippen molar-refractivity contribution in [2.75, 3.05) is 12.4 Å². The molecule has 3 heteroatoms. The Morgan fingerprint density at radius 3 is 2.42 bits per heavy atom. The van der Waals surface area contributed by atoms with Gasteiger partial charge in [0.05, 0.1) is 6.42 Å². The fraction of sp³-hybridized carbons (Fsp3) is 0.188. The zero-order valence-corrected chi connectivity index (χ0v) is 11.1. The van der Waals surface area contributed by atoms with Crippen LogP contribution in [0.4, 0.5) is 5.69 Å². The molecule has 2 rings (SSSR count). The van der Waals surface area contributed by atoms with E-state index in [0.29, 0.717) is 0 Å². The molecule has 0 aliphatic carbocycles. The number of rotatable bonds is 4. The Bertz CT molecular complexity index is 591. The van der Waals surface area contributed by atoms with Crippen molar-refractivity contribution in [3.8, 4) is 11.1 Å². The maximum atomic E-state index is 10.9. The molecule has 2 N–H and O–H groups in total. The van der Waals surface area contributed by atoms with E-state index in [4.69, 9.17) is 5.11 Å². The van der Waals surface area contributed by atoms with E-state index in [1.54, 1.807) is 0 Å². The molecule has 0 radical (unpaired) electrons. The molecule has 2 aromatic carbocycles. The summed E-state index contributed by atoms with van der Waals surface area (Å²) in [5, 5.41) is 12.1. The average molecular weight is 255 g/mol. The summed E-state index contributed by atoms with van der Waals surface area (Å²) in [6, 6.07) is 14.0. The van der Waals surface area contributed by atoms with Gasteiger partial charge in [0.25, 0.3) is 0 Å². The third kappa shape index (κ3) is 2.94. The molecular formula is C16H17NO2. The van der Waals surface area contributed by atoms with Gasteiger partial charge < -0.3 is 10.4 Å². The van der Waals surface area contributed by atoms with Crippen LogP contribution in [0.25, 0.3) is 11.1 Å². The zero-order chi connectivity index (χ0) is 13.8. The number of carbonyl (C=O) groups is 1. The fourth-order valence-electron chi connectivity index (χ4n) is 2.18. The molecule has 0 fully saturated rings. The number of hydrogen-bond donors (Lipinski definition) is 2. The molecule has 3 nitrogen and oxygen atoms in total. The summed E-state index contributed by atoms with van der Waals surface area (Å²) in [5.74, 6) is -0.810. The molecule has 0 unspecified atom stereocenters. The van der Waals surface area contributed by atoms with Crippen LogP contribution in [0, 0.1) is 6.92 Å². The molecule has 0 saturated heterocycles. The van der Waals surface area contributed by atoms with Gasteiger partial charge in [0.15, 0.2) is 0 Å². The van der Waals surface area contributed by atoms with Gasteiger partial charge >= 0.3 is 5.97 Å². The van der Waals surface area contributed by atoms with Crippen molar-refractivity contribution in [2.24, 2.45) is 0 Å². The predicted octanol–water partition coefficient (Wildman–Crippen LogP) is 3.33. The van der Waals surface area contributed by atoms with Gasteiger partial charge in [-0.15, -0.1) is 0 Å². The Morgan fingerprint density at radius 1 is 1.16 bits per heavy atom. The van der Waals surface area contributed by atoms with Crippen LogP contribution >= 0.6 is 0 Å². The van der Waals surface area contributed by atoms with Gasteiger partial charge in [-0.1, -0.05) is 36.4 Å². The van der Waals surface area contributed by atoms with E-state index in [-0.39, 0.29) is 6.42 Å². The normalized spacial score (nSPS) is 10.2. The molecular weight excluding hydrogens is 238 g/mol. The largest absolute Gasteiger partial charge is 0.481 e. The first-order valence-electron chi connectivity index (χ1n) is 6.20. The van der Waals surface area contributed by atoms with Gasteiger partial charge in [0, 0.05) is 12.7 Å². The number of aliphatic carboxylic acids is 1. The van der Waals surface area contributed by atoms with Gasteiger partial charge in [-0.3, -0.25) is 4.79 Å². The van der Waals surface area contributed by atoms with Crippen LogP contribution in [-0.2, 0) is 11.2 Å². The van der Waals surface area contributed by atoms with Crippen LogP contribution in [0.3, 0.4) is 0 Å². The highest BCUT2D eigenvalue weighted by atomic mass is 16.4. The lowest BCUT2D eigenvalue weighted by Gasteiger charge is -2.13. The molecule has 0 atom stereocenters. The standard InChI is InChI=1S/C16H17NO2/c1-11-13(10-16(18)19)8-14(9-15(11)17-2)12-6-4-3-5-7-12/h3-9,17H,10H2,1-2H3,(H,18,19). The molecule has 19 heavy (non-hydrogen) atoms. The molecule has 0 heterocycles. The average Bonchev–Trinajstić information content (AvgIpc) is 2.41. The van der Waals surface area contributed by atoms with Crippen molar-refractivity contribution in [1.29, 1.82) is 0 Å². The first kappa shape index (κ1) is 13.1. The second-order valence-electron chi connectivity index (χ2n) is 4.49. The van der Waals surface area contributed by atoms with Gasteiger partial charge in [0.2, 0.25) is 0 Å². The quantitative estimate of drug-likeness (QED) is 0.881. The number of anilines is 1. The van der Waals surface area contributed by atoms with Crippen LogP contribution in [0.1, 0.15) is 11.1 Å². The first-order valence-corrected chi connectivity index (χ1v) is 6.20.